The summed E-state index contributed by atoms with van der Waals surface area (Å²) in [6, 6.07) is 15.4. The lowest BCUT2D eigenvalue weighted by Crippen LogP contribution is -2.27. The Hall–Kier alpha value is -6.25. The van der Waals surface area contributed by atoms with Crippen LogP contribution in [0.15, 0.2) is 60.7 Å². The number of benzene rings is 3. The van der Waals surface area contributed by atoms with Crippen molar-refractivity contribution in [1.29, 1.82) is 0 Å². The first-order chi connectivity index (χ1) is 23.4. The van der Waals surface area contributed by atoms with Gasteiger partial charge in [-0.25, -0.2) is 24.5 Å². The SMILES string of the molecule is COC(=O)C(C)Oc1ccc(-c2nc(-c3ccc(OC)cc3)nc(-c3ccc(OC(C)C(=O)OCOC(=O)CC(C)=O)cc3O)n2)c(O)c1. The average Bonchev–Trinajstić information content (AvgIpc) is 3.07. The Morgan fingerprint density at radius 1 is 0.673 bits per heavy atom. The van der Waals surface area contributed by atoms with E-state index in [1.54, 1.807) is 24.3 Å². The second-order valence-electron chi connectivity index (χ2n) is 10.4. The summed E-state index contributed by atoms with van der Waals surface area (Å²) in [5.41, 5.74) is 0.954. The summed E-state index contributed by atoms with van der Waals surface area (Å²) in [6.07, 6.45) is -2.53. The Morgan fingerprint density at radius 2 is 1.16 bits per heavy atom. The van der Waals surface area contributed by atoms with Crippen LogP contribution in [0.4, 0.5) is 0 Å². The van der Waals surface area contributed by atoms with Crippen molar-refractivity contribution in [3.05, 3.63) is 60.7 Å². The van der Waals surface area contributed by atoms with Crippen LogP contribution in [0.25, 0.3) is 34.2 Å². The Labute approximate surface area is 280 Å². The zero-order valence-electron chi connectivity index (χ0n) is 27.2. The van der Waals surface area contributed by atoms with Gasteiger partial charge >= 0.3 is 17.9 Å². The first kappa shape index (κ1) is 35.6. The largest absolute Gasteiger partial charge is 0.507 e. The van der Waals surface area contributed by atoms with Gasteiger partial charge in [-0.05, 0) is 69.3 Å². The van der Waals surface area contributed by atoms with Crippen molar-refractivity contribution in [1.82, 2.24) is 15.0 Å². The molecule has 0 amide bonds. The fourth-order valence-electron chi connectivity index (χ4n) is 4.23. The number of aromatic hydroxyl groups is 2. The van der Waals surface area contributed by atoms with Gasteiger partial charge in [-0.15, -0.1) is 0 Å². The third-order valence-electron chi connectivity index (χ3n) is 6.71. The van der Waals surface area contributed by atoms with Crippen molar-refractivity contribution in [3.8, 4) is 62.9 Å². The van der Waals surface area contributed by atoms with E-state index in [4.69, 9.17) is 18.9 Å². The van der Waals surface area contributed by atoms with Gasteiger partial charge in [-0.3, -0.25) is 9.59 Å². The van der Waals surface area contributed by atoms with Crippen LogP contribution in [0, 0.1) is 0 Å². The quantitative estimate of drug-likeness (QED) is 0.110. The van der Waals surface area contributed by atoms with Gasteiger partial charge in [0.2, 0.25) is 6.79 Å². The maximum atomic E-state index is 12.3. The molecule has 2 unspecified atom stereocenters. The van der Waals surface area contributed by atoms with Crippen LogP contribution >= 0.6 is 0 Å². The number of ether oxygens (including phenoxy) is 6. The number of Topliss-reactive ketones (excluding diaryl/α,β-unsaturated/α-hetero) is 1. The molecule has 49 heavy (non-hydrogen) atoms. The number of carbonyl (C=O) groups is 4. The molecule has 1 aromatic heterocycles. The van der Waals surface area contributed by atoms with Crippen LogP contribution in [-0.2, 0) is 33.4 Å². The van der Waals surface area contributed by atoms with E-state index in [1.807, 2.05) is 0 Å². The maximum absolute atomic E-state index is 12.3. The zero-order chi connectivity index (χ0) is 35.7. The molecule has 0 saturated heterocycles. The van der Waals surface area contributed by atoms with Crippen molar-refractivity contribution in [2.45, 2.75) is 39.4 Å². The predicted molar refractivity (Wildman–Crippen MR) is 171 cm³/mol. The van der Waals surface area contributed by atoms with Crippen LogP contribution in [0.5, 0.6) is 28.7 Å². The minimum absolute atomic E-state index is 0.0405. The number of carbonyl (C=O) groups excluding carboxylic acids is 4. The van der Waals surface area contributed by atoms with E-state index in [1.165, 1.54) is 71.4 Å². The molecule has 1 heterocycles. The molecule has 15 heteroatoms. The molecule has 2 N–H and O–H groups in total. The van der Waals surface area contributed by atoms with Crippen LogP contribution in [-0.4, -0.2) is 82.1 Å². The Bertz CT molecular complexity index is 1850. The highest BCUT2D eigenvalue weighted by Gasteiger charge is 2.21. The van der Waals surface area contributed by atoms with Crippen LogP contribution < -0.4 is 14.2 Å². The second kappa shape index (κ2) is 16.0. The molecule has 3 aromatic carbocycles. The molecular weight excluding hydrogens is 642 g/mol. The second-order valence-corrected chi connectivity index (χ2v) is 10.4. The van der Waals surface area contributed by atoms with E-state index >= 15 is 0 Å². The van der Waals surface area contributed by atoms with Gasteiger partial charge in [-0.1, -0.05) is 0 Å². The summed E-state index contributed by atoms with van der Waals surface area (Å²) in [5, 5.41) is 21.9. The normalized spacial score (nSPS) is 11.9. The zero-order valence-corrected chi connectivity index (χ0v) is 27.2. The van der Waals surface area contributed by atoms with Gasteiger partial charge in [0.1, 0.15) is 41.0 Å². The van der Waals surface area contributed by atoms with E-state index in [2.05, 4.69) is 24.4 Å². The lowest BCUT2D eigenvalue weighted by molar-refractivity contribution is -0.171. The van der Waals surface area contributed by atoms with Crippen LogP contribution in [0.1, 0.15) is 27.2 Å². The molecule has 15 nitrogen and oxygen atoms in total. The summed E-state index contributed by atoms with van der Waals surface area (Å²) >= 11 is 0. The number of aromatic nitrogens is 3. The number of hydrogen-bond acceptors (Lipinski definition) is 15. The van der Waals surface area contributed by atoms with Gasteiger partial charge in [0.05, 0.1) is 25.3 Å². The first-order valence-electron chi connectivity index (χ1n) is 14.7. The lowest BCUT2D eigenvalue weighted by atomic mass is 10.1. The van der Waals surface area contributed by atoms with Crippen molar-refractivity contribution in [3.63, 3.8) is 0 Å². The fourth-order valence-corrected chi connectivity index (χ4v) is 4.23. The third kappa shape index (κ3) is 9.41. The van der Waals surface area contributed by atoms with Gasteiger partial charge in [0.15, 0.2) is 29.7 Å². The average molecular weight is 676 g/mol. The number of rotatable bonds is 14. The maximum Gasteiger partial charge on any atom is 0.349 e. The number of ketones is 1. The number of hydrogen-bond donors (Lipinski definition) is 2. The van der Waals surface area contributed by atoms with Gasteiger partial charge in [0, 0.05) is 17.7 Å². The number of nitrogens with zero attached hydrogens (tertiary/aromatic N) is 3. The van der Waals surface area contributed by atoms with E-state index < -0.39 is 49.1 Å². The van der Waals surface area contributed by atoms with Gasteiger partial charge in [-0.2, -0.15) is 0 Å². The van der Waals surface area contributed by atoms with Crippen molar-refractivity contribution >= 4 is 23.7 Å². The van der Waals surface area contributed by atoms with Gasteiger partial charge in [0.25, 0.3) is 0 Å². The predicted octanol–water partition coefficient (Wildman–Crippen LogP) is 4.02. The third-order valence-corrected chi connectivity index (χ3v) is 6.71. The molecule has 256 valence electrons. The molecule has 4 aromatic rings. The van der Waals surface area contributed by atoms with Crippen molar-refractivity contribution in [2.24, 2.45) is 0 Å². The minimum Gasteiger partial charge on any atom is -0.507 e. The summed E-state index contributed by atoms with van der Waals surface area (Å²) in [7, 11) is 2.77. The molecule has 0 radical (unpaired) electrons. The van der Waals surface area contributed by atoms with E-state index in [-0.39, 0.29) is 51.6 Å². The first-order valence-corrected chi connectivity index (χ1v) is 14.7. The summed E-state index contributed by atoms with van der Waals surface area (Å²) < 4.78 is 30.6. The molecule has 0 aliphatic heterocycles. The molecule has 2 atom stereocenters. The highest BCUT2D eigenvalue weighted by atomic mass is 16.7. The number of phenols is 2. The summed E-state index contributed by atoms with van der Waals surface area (Å²) in [4.78, 5) is 60.1. The summed E-state index contributed by atoms with van der Waals surface area (Å²) in [5.74, 6) is -2.04. The lowest BCUT2D eigenvalue weighted by Gasteiger charge is -2.15. The molecule has 0 bridgehead atoms. The smallest absolute Gasteiger partial charge is 0.349 e. The monoisotopic (exact) mass is 675 g/mol. The van der Waals surface area contributed by atoms with Gasteiger partial charge < -0.3 is 38.6 Å². The number of esters is 3. The molecule has 4 rings (SSSR count). The molecule has 0 spiro atoms. The molecule has 0 saturated carbocycles. The topological polar surface area (TPSA) is 203 Å². The van der Waals surface area contributed by atoms with E-state index in [0.29, 0.717) is 11.3 Å². The standard InChI is InChI=1S/C34H33N3O12/c1-18(38)14-29(41)46-17-47-34(43)20(3)49-24-11-13-26(28(40)16-24)32-36-30(21-6-8-22(44-4)9-7-21)35-31(37-32)25-12-10-23(15-27(25)39)48-19(2)33(42)45-5/h6-13,15-16,19-20,39-40H,14,17H2,1-5H3. The number of methoxy groups -OCH3 is 2. The minimum atomic E-state index is -1.16. The molecule has 0 fully saturated rings. The fraction of sp³-hybridized carbons (Fsp3) is 0.265. The molecule has 0 aliphatic carbocycles. The Kier molecular flexibility index (Phi) is 11.7. The van der Waals surface area contributed by atoms with Crippen LogP contribution in [0.3, 0.4) is 0 Å². The Balaban J connectivity index is 1.61. The Morgan fingerprint density at radius 3 is 1.63 bits per heavy atom. The summed E-state index contributed by atoms with van der Waals surface area (Å²) in [6.45, 7) is 3.42. The molecular formula is C34H33N3O12. The van der Waals surface area contributed by atoms with Crippen LogP contribution in [0.2, 0.25) is 0 Å². The highest BCUT2D eigenvalue weighted by molar-refractivity contribution is 5.94. The molecule has 0 aliphatic rings. The number of phenolic OH excluding ortho intramolecular Hbond substituents is 2. The van der Waals surface area contributed by atoms with E-state index in [9.17, 15) is 29.4 Å². The van der Waals surface area contributed by atoms with E-state index in [0.717, 1.165) is 0 Å². The highest BCUT2D eigenvalue weighted by Crippen LogP contribution is 2.36. The van der Waals surface area contributed by atoms with Crippen molar-refractivity contribution < 1.29 is 57.8 Å². The van der Waals surface area contributed by atoms with Crippen molar-refractivity contribution in [2.75, 3.05) is 21.0 Å².